The van der Waals surface area contributed by atoms with Gasteiger partial charge in [0, 0.05) is 24.7 Å². The SMILES string of the molecule is CCOC(=O)c1c(C)[nH]c(C(=O)N2CCC[C@@H](c3nc4ccccc4s3)C2)c1C. The number of esters is 1. The fourth-order valence-electron chi connectivity index (χ4n) is 4.06. The van der Waals surface area contributed by atoms with Gasteiger partial charge in [-0.3, -0.25) is 4.79 Å². The Morgan fingerprint density at radius 1 is 1.31 bits per heavy atom. The van der Waals surface area contributed by atoms with Crippen molar-refractivity contribution in [3.63, 3.8) is 0 Å². The largest absolute Gasteiger partial charge is 0.462 e. The summed E-state index contributed by atoms with van der Waals surface area (Å²) in [6.07, 6.45) is 1.97. The number of hydrogen-bond donors (Lipinski definition) is 1. The smallest absolute Gasteiger partial charge is 0.340 e. The Morgan fingerprint density at radius 2 is 2.10 bits per heavy atom. The molecule has 3 heterocycles. The summed E-state index contributed by atoms with van der Waals surface area (Å²) in [5.41, 5.74) is 3.30. The molecule has 1 amide bonds. The number of thiazole rings is 1. The molecule has 1 aliphatic rings. The fourth-order valence-corrected chi connectivity index (χ4v) is 5.15. The van der Waals surface area contributed by atoms with Gasteiger partial charge in [0.2, 0.25) is 0 Å². The van der Waals surface area contributed by atoms with Crippen molar-refractivity contribution in [2.45, 2.75) is 39.5 Å². The molecule has 152 valence electrons. The number of aromatic amines is 1. The summed E-state index contributed by atoms with van der Waals surface area (Å²) in [7, 11) is 0. The highest BCUT2D eigenvalue weighted by molar-refractivity contribution is 7.18. The van der Waals surface area contributed by atoms with E-state index >= 15 is 0 Å². The number of fused-ring (bicyclic) bond motifs is 1. The second-order valence-corrected chi connectivity index (χ2v) is 8.52. The first-order valence-electron chi connectivity index (χ1n) is 10.0. The lowest BCUT2D eigenvalue weighted by atomic mass is 9.98. The number of hydrogen-bond acceptors (Lipinski definition) is 5. The van der Waals surface area contributed by atoms with E-state index in [4.69, 9.17) is 9.72 Å². The predicted octanol–water partition coefficient (Wildman–Crippen LogP) is 4.44. The molecule has 1 N–H and O–H groups in total. The van der Waals surface area contributed by atoms with Crippen LogP contribution in [-0.4, -0.2) is 46.4 Å². The number of carbonyl (C=O) groups excluding carboxylic acids is 2. The van der Waals surface area contributed by atoms with Crippen molar-refractivity contribution in [2.75, 3.05) is 19.7 Å². The number of nitrogens with one attached hydrogen (secondary N) is 1. The number of piperidine rings is 1. The molecule has 0 bridgehead atoms. The number of benzene rings is 1. The third kappa shape index (κ3) is 3.67. The normalized spacial score (nSPS) is 16.9. The lowest BCUT2D eigenvalue weighted by molar-refractivity contribution is 0.0525. The fraction of sp³-hybridized carbons (Fsp3) is 0.409. The monoisotopic (exact) mass is 411 g/mol. The molecule has 1 aliphatic heterocycles. The molecular weight excluding hydrogens is 386 g/mol. The molecule has 1 atom stereocenters. The Labute approximate surface area is 173 Å². The number of amides is 1. The molecule has 1 fully saturated rings. The minimum absolute atomic E-state index is 0.0630. The topological polar surface area (TPSA) is 75.3 Å². The van der Waals surface area contributed by atoms with Crippen LogP contribution < -0.4 is 0 Å². The number of rotatable bonds is 4. The van der Waals surface area contributed by atoms with Crippen LogP contribution in [0.5, 0.6) is 0 Å². The Morgan fingerprint density at radius 3 is 2.86 bits per heavy atom. The summed E-state index contributed by atoms with van der Waals surface area (Å²) in [5.74, 6) is -0.207. The summed E-state index contributed by atoms with van der Waals surface area (Å²) >= 11 is 1.71. The quantitative estimate of drug-likeness (QED) is 0.644. The minimum Gasteiger partial charge on any atom is -0.462 e. The molecular formula is C22H25N3O3S. The van der Waals surface area contributed by atoms with Gasteiger partial charge >= 0.3 is 5.97 Å². The van der Waals surface area contributed by atoms with Crippen LogP contribution in [0.15, 0.2) is 24.3 Å². The van der Waals surface area contributed by atoms with Crippen molar-refractivity contribution in [3.8, 4) is 0 Å². The van der Waals surface area contributed by atoms with Crippen LogP contribution in [0.25, 0.3) is 10.2 Å². The van der Waals surface area contributed by atoms with E-state index in [2.05, 4.69) is 11.1 Å². The third-order valence-electron chi connectivity index (χ3n) is 5.50. The minimum atomic E-state index is -0.385. The number of aryl methyl sites for hydroxylation is 1. The van der Waals surface area contributed by atoms with E-state index in [-0.39, 0.29) is 17.8 Å². The lowest BCUT2D eigenvalue weighted by Gasteiger charge is -2.31. The van der Waals surface area contributed by atoms with Gasteiger partial charge in [0.15, 0.2) is 0 Å². The Bertz CT molecular complexity index is 1040. The van der Waals surface area contributed by atoms with Crippen molar-refractivity contribution < 1.29 is 14.3 Å². The van der Waals surface area contributed by atoms with E-state index in [0.717, 1.165) is 23.4 Å². The van der Waals surface area contributed by atoms with Gasteiger partial charge in [-0.25, -0.2) is 9.78 Å². The van der Waals surface area contributed by atoms with E-state index in [1.807, 2.05) is 23.1 Å². The zero-order chi connectivity index (χ0) is 20.5. The summed E-state index contributed by atoms with van der Waals surface area (Å²) in [6.45, 7) is 7.05. The van der Waals surface area contributed by atoms with E-state index in [1.165, 1.54) is 4.70 Å². The Kier molecular flexibility index (Phi) is 5.41. The molecule has 2 aromatic heterocycles. The molecule has 7 heteroatoms. The number of nitrogens with zero attached hydrogens (tertiary/aromatic N) is 2. The molecule has 0 radical (unpaired) electrons. The van der Waals surface area contributed by atoms with E-state index < -0.39 is 0 Å². The molecule has 3 aromatic rings. The zero-order valence-electron chi connectivity index (χ0n) is 16.9. The first-order valence-corrected chi connectivity index (χ1v) is 10.8. The number of para-hydroxylation sites is 1. The number of likely N-dealkylation sites (tertiary alicyclic amines) is 1. The van der Waals surface area contributed by atoms with Crippen molar-refractivity contribution in [2.24, 2.45) is 0 Å². The van der Waals surface area contributed by atoms with Crippen LogP contribution in [0.4, 0.5) is 0 Å². The first-order chi connectivity index (χ1) is 14.0. The third-order valence-corrected chi connectivity index (χ3v) is 6.70. The van der Waals surface area contributed by atoms with Crippen molar-refractivity contribution >= 4 is 33.4 Å². The van der Waals surface area contributed by atoms with Crippen LogP contribution in [0.2, 0.25) is 0 Å². The Balaban J connectivity index is 1.56. The summed E-state index contributed by atoms with van der Waals surface area (Å²) in [4.78, 5) is 35.3. The van der Waals surface area contributed by atoms with Crippen LogP contribution in [0.3, 0.4) is 0 Å². The number of aromatic nitrogens is 2. The molecule has 1 saturated heterocycles. The standard InChI is InChI=1S/C22H25N3O3S/c1-4-28-22(27)18-13(2)19(23-14(18)3)21(26)25-11-7-8-15(12-25)20-24-16-9-5-6-10-17(16)29-20/h5-6,9-10,15,23H,4,7-8,11-12H2,1-3H3/t15-/m1/s1. The maximum absolute atomic E-state index is 13.2. The van der Waals surface area contributed by atoms with E-state index in [0.29, 0.717) is 42.2 Å². The molecule has 0 spiro atoms. The van der Waals surface area contributed by atoms with Gasteiger partial charge in [0.05, 0.1) is 27.4 Å². The van der Waals surface area contributed by atoms with Crippen LogP contribution in [0.1, 0.15) is 62.8 Å². The molecule has 0 saturated carbocycles. The number of ether oxygens (including phenoxy) is 1. The van der Waals surface area contributed by atoms with E-state index in [9.17, 15) is 9.59 Å². The van der Waals surface area contributed by atoms with Gasteiger partial charge in [-0.15, -0.1) is 11.3 Å². The summed E-state index contributed by atoms with van der Waals surface area (Å²) < 4.78 is 6.32. The molecule has 6 nitrogen and oxygen atoms in total. The maximum Gasteiger partial charge on any atom is 0.340 e. The van der Waals surface area contributed by atoms with Crippen molar-refractivity contribution in [1.82, 2.24) is 14.9 Å². The van der Waals surface area contributed by atoms with Gasteiger partial charge in [0.1, 0.15) is 5.69 Å². The van der Waals surface area contributed by atoms with Gasteiger partial charge < -0.3 is 14.6 Å². The molecule has 29 heavy (non-hydrogen) atoms. The predicted molar refractivity (Wildman–Crippen MR) is 114 cm³/mol. The van der Waals surface area contributed by atoms with Crippen LogP contribution in [-0.2, 0) is 4.74 Å². The lowest BCUT2D eigenvalue weighted by Crippen LogP contribution is -2.39. The second kappa shape index (κ2) is 7.99. The number of carbonyl (C=O) groups is 2. The highest BCUT2D eigenvalue weighted by Crippen LogP contribution is 2.33. The Hall–Kier alpha value is -2.67. The van der Waals surface area contributed by atoms with Gasteiger partial charge in [-0.1, -0.05) is 12.1 Å². The van der Waals surface area contributed by atoms with Gasteiger partial charge in [-0.05, 0) is 51.3 Å². The molecule has 0 aliphatic carbocycles. The summed E-state index contributed by atoms with van der Waals surface area (Å²) in [6, 6.07) is 8.14. The van der Waals surface area contributed by atoms with Gasteiger partial charge in [-0.2, -0.15) is 0 Å². The van der Waals surface area contributed by atoms with Gasteiger partial charge in [0.25, 0.3) is 5.91 Å². The van der Waals surface area contributed by atoms with Crippen molar-refractivity contribution in [1.29, 1.82) is 0 Å². The zero-order valence-corrected chi connectivity index (χ0v) is 17.8. The molecule has 0 unspecified atom stereocenters. The highest BCUT2D eigenvalue weighted by Gasteiger charge is 2.30. The first kappa shape index (κ1) is 19.6. The summed E-state index contributed by atoms with van der Waals surface area (Å²) in [5, 5.41) is 1.09. The van der Waals surface area contributed by atoms with Crippen LogP contribution in [0, 0.1) is 13.8 Å². The van der Waals surface area contributed by atoms with E-state index in [1.54, 1.807) is 32.1 Å². The molecule has 1 aromatic carbocycles. The highest BCUT2D eigenvalue weighted by atomic mass is 32.1. The average Bonchev–Trinajstić information content (AvgIpc) is 3.28. The second-order valence-electron chi connectivity index (χ2n) is 7.46. The van der Waals surface area contributed by atoms with Crippen molar-refractivity contribution in [3.05, 3.63) is 51.8 Å². The average molecular weight is 412 g/mol. The molecule has 4 rings (SSSR count). The number of H-pyrrole nitrogens is 1. The maximum atomic E-state index is 13.2. The van der Waals surface area contributed by atoms with Crippen LogP contribution >= 0.6 is 11.3 Å².